The van der Waals surface area contributed by atoms with Crippen LogP contribution in [0.3, 0.4) is 0 Å². The molecule has 2 nitrogen and oxygen atoms in total. The van der Waals surface area contributed by atoms with Gasteiger partial charge in [-0.15, -0.1) is 0 Å². The Morgan fingerprint density at radius 3 is 2.43 bits per heavy atom. The summed E-state index contributed by atoms with van der Waals surface area (Å²) in [5.41, 5.74) is 3.50. The van der Waals surface area contributed by atoms with Gasteiger partial charge in [-0.1, -0.05) is 31.2 Å². The minimum absolute atomic E-state index is 0.176. The van der Waals surface area contributed by atoms with Gasteiger partial charge in [0.25, 0.3) is 0 Å². The Morgan fingerprint density at radius 1 is 0.893 bits per heavy atom. The van der Waals surface area contributed by atoms with Gasteiger partial charge in [0.15, 0.2) is 11.6 Å². The summed E-state index contributed by atoms with van der Waals surface area (Å²) in [5.74, 6) is -2.90. The smallest absolute Gasteiger partial charge is 0.161 e. The Morgan fingerprint density at radius 2 is 1.64 bits per heavy atom. The number of benzene rings is 2. The van der Waals surface area contributed by atoms with E-state index in [0.29, 0.717) is 12.6 Å². The monoisotopic (exact) mass is 384 g/mol. The number of aryl methyl sites for hydroxylation is 2. The molecule has 0 spiro atoms. The van der Waals surface area contributed by atoms with Crippen molar-refractivity contribution < 1.29 is 13.2 Å². The topological polar surface area (TPSA) is 8.17 Å². The molecule has 1 aliphatic rings. The van der Waals surface area contributed by atoms with Crippen LogP contribution in [0.15, 0.2) is 54.7 Å². The van der Waals surface area contributed by atoms with Crippen LogP contribution >= 0.6 is 0 Å². The van der Waals surface area contributed by atoms with Crippen molar-refractivity contribution in [2.75, 3.05) is 6.54 Å². The first-order chi connectivity index (χ1) is 13.6. The van der Waals surface area contributed by atoms with Gasteiger partial charge in [0.05, 0.1) is 6.04 Å². The van der Waals surface area contributed by atoms with Gasteiger partial charge in [0.1, 0.15) is 5.82 Å². The van der Waals surface area contributed by atoms with E-state index >= 15 is 0 Å². The van der Waals surface area contributed by atoms with E-state index in [0.717, 1.165) is 37.7 Å². The number of hydrogen-bond acceptors (Lipinski definition) is 1. The molecule has 146 valence electrons. The van der Waals surface area contributed by atoms with Gasteiger partial charge in [0.2, 0.25) is 0 Å². The van der Waals surface area contributed by atoms with Gasteiger partial charge >= 0.3 is 0 Å². The minimum atomic E-state index is -1.16. The molecule has 0 radical (unpaired) electrons. The van der Waals surface area contributed by atoms with Crippen LogP contribution in [0.5, 0.6) is 0 Å². The van der Waals surface area contributed by atoms with E-state index in [1.54, 1.807) is 0 Å². The Balaban J connectivity index is 1.81. The van der Waals surface area contributed by atoms with Gasteiger partial charge in [-0.2, -0.15) is 0 Å². The molecule has 2 heterocycles. The summed E-state index contributed by atoms with van der Waals surface area (Å²) in [6, 6.07) is 13.3. The number of halogens is 3. The van der Waals surface area contributed by atoms with Gasteiger partial charge < -0.3 is 4.57 Å². The van der Waals surface area contributed by atoms with Crippen molar-refractivity contribution in [2.45, 2.75) is 38.9 Å². The second-order valence-electron chi connectivity index (χ2n) is 7.26. The van der Waals surface area contributed by atoms with Crippen LogP contribution in [0.2, 0.25) is 0 Å². The third-order valence-electron chi connectivity index (χ3n) is 5.56. The molecule has 1 aromatic heterocycles. The van der Waals surface area contributed by atoms with Crippen molar-refractivity contribution in [3.63, 3.8) is 0 Å². The van der Waals surface area contributed by atoms with Crippen LogP contribution in [0.4, 0.5) is 13.2 Å². The molecule has 28 heavy (non-hydrogen) atoms. The quantitative estimate of drug-likeness (QED) is 0.542. The van der Waals surface area contributed by atoms with E-state index in [1.165, 1.54) is 11.1 Å². The highest BCUT2D eigenvalue weighted by Gasteiger charge is 2.30. The molecule has 3 aromatic rings. The molecule has 0 amide bonds. The average Bonchev–Trinajstić information content (AvgIpc) is 3.07. The van der Waals surface area contributed by atoms with Crippen LogP contribution in [0.25, 0.3) is 0 Å². The first kappa shape index (κ1) is 18.8. The SMILES string of the molecule is CCc1ccccc1CN1CCCn2cccc2C1c1cc(F)c(F)cc1F. The van der Waals surface area contributed by atoms with Gasteiger partial charge in [-0.3, -0.25) is 4.90 Å². The Kier molecular flexibility index (Phi) is 5.27. The highest BCUT2D eigenvalue weighted by molar-refractivity contribution is 5.33. The molecule has 0 aliphatic carbocycles. The van der Waals surface area contributed by atoms with Crippen LogP contribution in [-0.4, -0.2) is 16.0 Å². The number of rotatable bonds is 4. The molecule has 0 fully saturated rings. The zero-order valence-electron chi connectivity index (χ0n) is 15.8. The fourth-order valence-electron chi connectivity index (χ4n) is 4.19. The maximum absolute atomic E-state index is 14.8. The lowest BCUT2D eigenvalue weighted by Gasteiger charge is -2.31. The molecule has 4 rings (SSSR count). The first-order valence-corrected chi connectivity index (χ1v) is 9.68. The summed E-state index contributed by atoms with van der Waals surface area (Å²) < 4.78 is 44.4. The second kappa shape index (κ2) is 7.84. The third-order valence-corrected chi connectivity index (χ3v) is 5.56. The van der Waals surface area contributed by atoms with Gasteiger partial charge in [-0.05, 0) is 42.2 Å². The van der Waals surface area contributed by atoms with Crippen LogP contribution in [0, 0.1) is 17.5 Å². The molecule has 1 aliphatic heterocycles. The standard InChI is InChI=1S/C23H23F3N2/c1-2-16-7-3-4-8-17(16)15-28-12-6-11-27-10-5-9-22(27)23(28)18-13-20(25)21(26)14-19(18)24/h3-5,7-10,13-14,23H,2,6,11-12,15H2,1H3. The zero-order valence-corrected chi connectivity index (χ0v) is 15.8. The number of nitrogens with zero attached hydrogens (tertiary/aromatic N) is 2. The predicted molar refractivity (Wildman–Crippen MR) is 103 cm³/mol. The maximum Gasteiger partial charge on any atom is 0.161 e. The summed E-state index contributed by atoms with van der Waals surface area (Å²) in [7, 11) is 0. The number of hydrogen-bond donors (Lipinski definition) is 0. The fraction of sp³-hybridized carbons (Fsp3) is 0.304. The van der Waals surface area contributed by atoms with Gasteiger partial charge in [0, 0.05) is 43.2 Å². The second-order valence-corrected chi connectivity index (χ2v) is 7.26. The molecule has 2 aromatic carbocycles. The highest BCUT2D eigenvalue weighted by Crippen LogP contribution is 2.35. The summed E-state index contributed by atoms with van der Waals surface area (Å²) in [6.45, 7) is 4.29. The molecule has 1 atom stereocenters. The average molecular weight is 384 g/mol. The van der Waals surface area contributed by atoms with E-state index in [1.807, 2.05) is 30.5 Å². The Hall–Kier alpha value is -2.53. The van der Waals surface area contributed by atoms with E-state index < -0.39 is 23.5 Å². The minimum Gasteiger partial charge on any atom is -0.350 e. The van der Waals surface area contributed by atoms with Crippen molar-refractivity contribution in [1.29, 1.82) is 0 Å². The van der Waals surface area contributed by atoms with E-state index in [-0.39, 0.29) is 5.56 Å². The van der Waals surface area contributed by atoms with Crippen molar-refractivity contribution in [1.82, 2.24) is 9.47 Å². The summed E-state index contributed by atoms with van der Waals surface area (Å²) in [5, 5.41) is 0. The normalized spacial score (nSPS) is 17.4. The molecule has 0 saturated heterocycles. The van der Waals surface area contributed by atoms with E-state index in [9.17, 15) is 13.2 Å². The van der Waals surface area contributed by atoms with Crippen molar-refractivity contribution in [3.05, 3.63) is 94.6 Å². The number of aromatic nitrogens is 1. The van der Waals surface area contributed by atoms with Crippen molar-refractivity contribution in [3.8, 4) is 0 Å². The lowest BCUT2D eigenvalue weighted by molar-refractivity contribution is 0.215. The molecule has 0 N–H and O–H groups in total. The van der Waals surface area contributed by atoms with Gasteiger partial charge in [-0.25, -0.2) is 13.2 Å². The predicted octanol–water partition coefficient (Wildman–Crippen LogP) is 5.46. The first-order valence-electron chi connectivity index (χ1n) is 9.68. The molecule has 5 heteroatoms. The Bertz CT molecular complexity index is 980. The molecule has 1 unspecified atom stereocenters. The van der Waals surface area contributed by atoms with E-state index in [2.05, 4.69) is 28.5 Å². The van der Waals surface area contributed by atoms with Crippen LogP contribution in [-0.2, 0) is 19.5 Å². The molecular weight excluding hydrogens is 361 g/mol. The lowest BCUT2D eigenvalue weighted by atomic mass is 9.98. The Labute approximate surface area is 163 Å². The van der Waals surface area contributed by atoms with Crippen molar-refractivity contribution in [2.24, 2.45) is 0 Å². The lowest BCUT2D eigenvalue weighted by Crippen LogP contribution is -2.30. The fourth-order valence-corrected chi connectivity index (χ4v) is 4.19. The third kappa shape index (κ3) is 3.47. The zero-order chi connectivity index (χ0) is 19.7. The molecule has 0 saturated carbocycles. The summed E-state index contributed by atoms with van der Waals surface area (Å²) >= 11 is 0. The molecule has 0 bridgehead atoms. The largest absolute Gasteiger partial charge is 0.350 e. The van der Waals surface area contributed by atoms with Crippen LogP contribution < -0.4 is 0 Å². The maximum atomic E-state index is 14.8. The summed E-state index contributed by atoms with van der Waals surface area (Å²) in [4.78, 5) is 2.17. The van der Waals surface area contributed by atoms with E-state index in [4.69, 9.17) is 0 Å². The molecular formula is C23H23F3N2. The van der Waals surface area contributed by atoms with Crippen molar-refractivity contribution >= 4 is 0 Å². The highest BCUT2D eigenvalue weighted by atomic mass is 19.2. The summed E-state index contributed by atoms with van der Waals surface area (Å²) in [6.07, 6.45) is 3.77. The van der Waals surface area contributed by atoms with Crippen LogP contribution in [0.1, 0.15) is 41.8 Å². The number of fused-ring (bicyclic) bond motifs is 1.